The van der Waals surface area contributed by atoms with E-state index in [0.717, 1.165) is 12.8 Å². The first kappa shape index (κ1) is 11.8. The van der Waals surface area contributed by atoms with Gasteiger partial charge in [0, 0.05) is 0 Å². The highest BCUT2D eigenvalue weighted by molar-refractivity contribution is 4.83. The van der Waals surface area contributed by atoms with Crippen LogP contribution in [0.4, 0.5) is 13.2 Å². The predicted molar refractivity (Wildman–Crippen MR) is 50.0 cm³/mol. The molecule has 1 N–H and O–H groups in total. The molecule has 0 radical (unpaired) electrons. The number of hydrogen-bond donors (Lipinski definition) is 1. The Balaban J connectivity index is 2.44. The zero-order valence-electron chi connectivity index (χ0n) is 8.69. The molecule has 1 aliphatic rings. The summed E-state index contributed by atoms with van der Waals surface area (Å²) in [6.07, 6.45) is -2.03. The van der Waals surface area contributed by atoms with Gasteiger partial charge in [-0.05, 0) is 37.6 Å². The van der Waals surface area contributed by atoms with Crippen LogP contribution in [0.3, 0.4) is 0 Å². The minimum Gasteiger partial charge on any atom is -0.306 e. The van der Waals surface area contributed by atoms with Crippen LogP contribution in [0.15, 0.2) is 0 Å². The summed E-state index contributed by atoms with van der Waals surface area (Å²) in [6, 6.07) is -1.28. The SMILES string of the molecule is CC(C)CC1CCNC(C(F)(F)F)C1. The highest BCUT2D eigenvalue weighted by Crippen LogP contribution is 2.31. The number of halogens is 3. The van der Waals surface area contributed by atoms with Gasteiger partial charge in [-0.3, -0.25) is 0 Å². The quantitative estimate of drug-likeness (QED) is 0.737. The first-order valence-corrected chi connectivity index (χ1v) is 5.19. The zero-order valence-corrected chi connectivity index (χ0v) is 8.69. The van der Waals surface area contributed by atoms with E-state index >= 15 is 0 Å². The second kappa shape index (κ2) is 4.51. The van der Waals surface area contributed by atoms with Crippen molar-refractivity contribution in [1.29, 1.82) is 0 Å². The molecule has 0 aliphatic carbocycles. The minimum atomic E-state index is -4.07. The molecule has 0 bridgehead atoms. The van der Waals surface area contributed by atoms with E-state index < -0.39 is 12.2 Å². The number of hydrogen-bond acceptors (Lipinski definition) is 1. The molecule has 0 aromatic rings. The third kappa shape index (κ3) is 3.48. The van der Waals surface area contributed by atoms with E-state index in [-0.39, 0.29) is 12.3 Å². The van der Waals surface area contributed by atoms with Gasteiger partial charge in [0.05, 0.1) is 0 Å². The lowest BCUT2D eigenvalue weighted by molar-refractivity contribution is -0.164. The molecule has 84 valence electrons. The predicted octanol–water partition coefficient (Wildman–Crippen LogP) is 2.96. The molecule has 4 heteroatoms. The fraction of sp³-hybridized carbons (Fsp3) is 1.00. The molecule has 1 heterocycles. The van der Waals surface area contributed by atoms with E-state index in [1.807, 2.05) is 0 Å². The summed E-state index contributed by atoms with van der Waals surface area (Å²) in [5, 5.41) is 2.54. The molecule has 2 atom stereocenters. The van der Waals surface area contributed by atoms with Crippen molar-refractivity contribution in [1.82, 2.24) is 5.32 Å². The van der Waals surface area contributed by atoms with E-state index in [9.17, 15) is 13.2 Å². The van der Waals surface area contributed by atoms with Crippen molar-refractivity contribution in [3.63, 3.8) is 0 Å². The van der Waals surface area contributed by atoms with Gasteiger partial charge in [0.1, 0.15) is 6.04 Å². The summed E-state index contributed by atoms with van der Waals surface area (Å²) in [5.74, 6) is 0.731. The van der Waals surface area contributed by atoms with Crippen LogP contribution in [-0.4, -0.2) is 18.8 Å². The Kier molecular flexibility index (Phi) is 3.81. The standard InChI is InChI=1S/C10H18F3N/c1-7(2)5-8-3-4-14-9(6-8)10(11,12)13/h7-9,14H,3-6H2,1-2H3. The summed E-state index contributed by atoms with van der Waals surface area (Å²) in [7, 11) is 0. The van der Waals surface area contributed by atoms with Crippen molar-refractivity contribution < 1.29 is 13.2 Å². The average Bonchev–Trinajstić information content (AvgIpc) is 2.01. The number of piperidine rings is 1. The van der Waals surface area contributed by atoms with Gasteiger partial charge in [-0.25, -0.2) is 0 Å². The van der Waals surface area contributed by atoms with Gasteiger partial charge in [-0.2, -0.15) is 13.2 Å². The van der Waals surface area contributed by atoms with Gasteiger partial charge < -0.3 is 5.32 Å². The van der Waals surface area contributed by atoms with Crippen LogP contribution < -0.4 is 5.32 Å². The van der Waals surface area contributed by atoms with Crippen molar-refractivity contribution in [3.05, 3.63) is 0 Å². The molecule has 1 saturated heterocycles. The molecule has 0 amide bonds. The lowest BCUT2D eigenvalue weighted by atomic mass is 9.86. The molecule has 14 heavy (non-hydrogen) atoms. The van der Waals surface area contributed by atoms with Gasteiger partial charge in [-0.15, -0.1) is 0 Å². The van der Waals surface area contributed by atoms with Gasteiger partial charge in [0.25, 0.3) is 0 Å². The molecule has 1 fully saturated rings. The molecule has 2 unspecified atom stereocenters. The van der Waals surface area contributed by atoms with Crippen LogP contribution in [0.2, 0.25) is 0 Å². The first-order chi connectivity index (χ1) is 6.39. The Morgan fingerprint density at radius 1 is 1.36 bits per heavy atom. The largest absolute Gasteiger partial charge is 0.403 e. The van der Waals surface area contributed by atoms with E-state index in [1.54, 1.807) is 0 Å². The molecular weight excluding hydrogens is 191 g/mol. The van der Waals surface area contributed by atoms with E-state index in [0.29, 0.717) is 12.5 Å². The maximum Gasteiger partial charge on any atom is 0.403 e. The summed E-state index contributed by atoms with van der Waals surface area (Å²) in [4.78, 5) is 0. The van der Waals surface area contributed by atoms with Crippen LogP contribution in [-0.2, 0) is 0 Å². The number of rotatable bonds is 2. The van der Waals surface area contributed by atoms with Crippen LogP contribution in [0.25, 0.3) is 0 Å². The second-order valence-corrected chi connectivity index (χ2v) is 4.57. The Hall–Kier alpha value is -0.250. The minimum absolute atomic E-state index is 0.239. The number of nitrogens with one attached hydrogen (secondary N) is 1. The van der Waals surface area contributed by atoms with Gasteiger partial charge >= 0.3 is 6.18 Å². The van der Waals surface area contributed by atoms with Crippen LogP contribution in [0.1, 0.15) is 33.1 Å². The summed E-state index contributed by atoms with van der Waals surface area (Å²) in [6.45, 7) is 4.62. The Bertz CT molecular complexity index is 177. The Labute approximate surface area is 83.1 Å². The lowest BCUT2D eigenvalue weighted by Crippen LogP contribution is -2.47. The first-order valence-electron chi connectivity index (χ1n) is 5.19. The third-order valence-electron chi connectivity index (χ3n) is 2.71. The fourth-order valence-electron chi connectivity index (χ4n) is 2.13. The molecule has 1 rings (SSSR count). The zero-order chi connectivity index (χ0) is 10.8. The van der Waals surface area contributed by atoms with Crippen molar-refractivity contribution in [2.45, 2.75) is 45.3 Å². The van der Waals surface area contributed by atoms with Crippen LogP contribution in [0.5, 0.6) is 0 Å². The monoisotopic (exact) mass is 209 g/mol. The van der Waals surface area contributed by atoms with Crippen molar-refractivity contribution in [2.75, 3.05) is 6.54 Å². The molecule has 0 saturated carbocycles. The van der Waals surface area contributed by atoms with E-state index in [4.69, 9.17) is 0 Å². The van der Waals surface area contributed by atoms with Gasteiger partial charge in [-0.1, -0.05) is 13.8 Å². The smallest absolute Gasteiger partial charge is 0.306 e. The molecule has 1 aliphatic heterocycles. The maximum absolute atomic E-state index is 12.4. The Morgan fingerprint density at radius 2 is 2.00 bits per heavy atom. The summed E-state index contributed by atoms with van der Waals surface area (Å²) >= 11 is 0. The van der Waals surface area contributed by atoms with Crippen molar-refractivity contribution in [2.24, 2.45) is 11.8 Å². The molecule has 1 nitrogen and oxygen atoms in total. The highest BCUT2D eigenvalue weighted by Gasteiger charge is 2.42. The van der Waals surface area contributed by atoms with Gasteiger partial charge in [0.2, 0.25) is 0 Å². The maximum atomic E-state index is 12.4. The normalized spacial score (nSPS) is 29.6. The average molecular weight is 209 g/mol. The van der Waals surface area contributed by atoms with Crippen LogP contribution in [0, 0.1) is 11.8 Å². The molecule has 0 aromatic heterocycles. The van der Waals surface area contributed by atoms with Crippen LogP contribution >= 0.6 is 0 Å². The summed E-state index contributed by atoms with van der Waals surface area (Å²) in [5.41, 5.74) is 0. The van der Waals surface area contributed by atoms with E-state index in [1.165, 1.54) is 0 Å². The number of alkyl halides is 3. The highest BCUT2D eigenvalue weighted by atomic mass is 19.4. The molecule has 0 spiro atoms. The molecule has 0 aromatic carbocycles. The topological polar surface area (TPSA) is 12.0 Å². The Morgan fingerprint density at radius 3 is 2.50 bits per heavy atom. The van der Waals surface area contributed by atoms with Crippen molar-refractivity contribution in [3.8, 4) is 0 Å². The fourth-order valence-corrected chi connectivity index (χ4v) is 2.13. The summed E-state index contributed by atoms with van der Waals surface area (Å²) < 4.78 is 37.2. The van der Waals surface area contributed by atoms with Crippen molar-refractivity contribution >= 4 is 0 Å². The second-order valence-electron chi connectivity index (χ2n) is 4.57. The third-order valence-corrected chi connectivity index (χ3v) is 2.71. The van der Waals surface area contributed by atoms with E-state index in [2.05, 4.69) is 19.2 Å². The lowest BCUT2D eigenvalue weighted by Gasteiger charge is -2.32. The van der Waals surface area contributed by atoms with Gasteiger partial charge in [0.15, 0.2) is 0 Å². The molecular formula is C10H18F3N.